The van der Waals surface area contributed by atoms with Gasteiger partial charge in [0, 0.05) is 6.04 Å². The minimum Gasteiger partial charge on any atom is -0.374 e. The molecule has 0 radical (unpaired) electrons. The molecule has 2 nitrogen and oxygen atoms in total. The van der Waals surface area contributed by atoms with Crippen LogP contribution in [0.2, 0.25) is 0 Å². The van der Waals surface area contributed by atoms with E-state index in [0.717, 1.165) is 5.92 Å². The van der Waals surface area contributed by atoms with Gasteiger partial charge in [0.15, 0.2) is 0 Å². The van der Waals surface area contributed by atoms with Crippen LogP contribution in [0.15, 0.2) is 0 Å². The molecule has 0 bridgehead atoms. The third-order valence-electron chi connectivity index (χ3n) is 3.49. The van der Waals surface area contributed by atoms with E-state index >= 15 is 0 Å². The first-order valence-corrected chi connectivity index (χ1v) is 6.21. The average Bonchev–Trinajstić information content (AvgIpc) is 1.99. The topological polar surface area (TPSA) is 35.2 Å². The molecule has 4 atom stereocenters. The molecule has 2 heteroatoms. The first kappa shape index (κ1) is 13.0. The molecule has 1 fully saturated rings. The molecule has 1 aliphatic carbocycles. The standard InChI is InChI=1S/C13H27NO/c1-9-6-12(8-13(4,5)7-9)15-11(3)10(2)14/h9-12H,6-8,14H2,1-5H3. The van der Waals surface area contributed by atoms with Crippen molar-refractivity contribution in [3.8, 4) is 0 Å². The highest BCUT2D eigenvalue weighted by Crippen LogP contribution is 2.40. The summed E-state index contributed by atoms with van der Waals surface area (Å²) in [5.74, 6) is 0.777. The molecule has 0 aromatic carbocycles. The molecule has 1 saturated carbocycles. The van der Waals surface area contributed by atoms with E-state index < -0.39 is 0 Å². The van der Waals surface area contributed by atoms with Crippen LogP contribution in [0.25, 0.3) is 0 Å². The quantitative estimate of drug-likeness (QED) is 0.782. The van der Waals surface area contributed by atoms with Crippen molar-refractivity contribution in [3.05, 3.63) is 0 Å². The van der Waals surface area contributed by atoms with E-state index in [4.69, 9.17) is 10.5 Å². The summed E-state index contributed by atoms with van der Waals surface area (Å²) >= 11 is 0. The molecule has 0 heterocycles. The Labute approximate surface area is 94.6 Å². The van der Waals surface area contributed by atoms with Gasteiger partial charge in [-0.3, -0.25) is 0 Å². The van der Waals surface area contributed by atoms with Crippen LogP contribution in [0.5, 0.6) is 0 Å². The summed E-state index contributed by atoms with van der Waals surface area (Å²) in [5.41, 5.74) is 6.26. The van der Waals surface area contributed by atoms with Crippen LogP contribution < -0.4 is 5.73 Å². The van der Waals surface area contributed by atoms with Gasteiger partial charge in [0.25, 0.3) is 0 Å². The van der Waals surface area contributed by atoms with Gasteiger partial charge < -0.3 is 10.5 Å². The molecule has 2 N–H and O–H groups in total. The highest BCUT2D eigenvalue weighted by molar-refractivity contribution is 4.84. The molecule has 0 aliphatic heterocycles. The number of rotatable bonds is 3. The van der Waals surface area contributed by atoms with Crippen molar-refractivity contribution >= 4 is 0 Å². The molecule has 1 rings (SSSR count). The van der Waals surface area contributed by atoms with Crippen LogP contribution in [0.1, 0.15) is 53.9 Å². The zero-order chi connectivity index (χ0) is 11.6. The fourth-order valence-electron chi connectivity index (χ4n) is 2.79. The number of hydrogen-bond acceptors (Lipinski definition) is 2. The molecule has 0 aromatic rings. The maximum Gasteiger partial charge on any atom is 0.0698 e. The largest absolute Gasteiger partial charge is 0.374 e. The van der Waals surface area contributed by atoms with E-state index in [1.54, 1.807) is 0 Å². The van der Waals surface area contributed by atoms with E-state index in [1.807, 2.05) is 6.92 Å². The minimum atomic E-state index is 0.130. The van der Waals surface area contributed by atoms with Gasteiger partial charge in [-0.1, -0.05) is 20.8 Å². The third kappa shape index (κ3) is 4.12. The highest BCUT2D eigenvalue weighted by Gasteiger charge is 2.33. The van der Waals surface area contributed by atoms with Crippen LogP contribution in [-0.4, -0.2) is 18.2 Å². The lowest BCUT2D eigenvalue weighted by molar-refractivity contribution is -0.0647. The van der Waals surface area contributed by atoms with Gasteiger partial charge in [-0.15, -0.1) is 0 Å². The maximum atomic E-state index is 6.03. The normalized spacial score (nSPS) is 34.8. The summed E-state index contributed by atoms with van der Waals surface area (Å²) in [7, 11) is 0. The molecule has 90 valence electrons. The molecule has 0 saturated heterocycles. The Hall–Kier alpha value is -0.0800. The fourth-order valence-corrected chi connectivity index (χ4v) is 2.79. The van der Waals surface area contributed by atoms with E-state index in [2.05, 4.69) is 27.7 Å². The third-order valence-corrected chi connectivity index (χ3v) is 3.49. The molecule has 0 spiro atoms. The van der Waals surface area contributed by atoms with Gasteiger partial charge in [0.2, 0.25) is 0 Å². The van der Waals surface area contributed by atoms with E-state index in [9.17, 15) is 0 Å². The molecule has 0 amide bonds. The Morgan fingerprint density at radius 1 is 1.27 bits per heavy atom. The molecule has 15 heavy (non-hydrogen) atoms. The predicted molar refractivity (Wildman–Crippen MR) is 64.8 cm³/mol. The van der Waals surface area contributed by atoms with Gasteiger partial charge >= 0.3 is 0 Å². The van der Waals surface area contributed by atoms with Crippen LogP contribution in [-0.2, 0) is 4.74 Å². The van der Waals surface area contributed by atoms with Gasteiger partial charge in [0.1, 0.15) is 0 Å². The number of hydrogen-bond donors (Lipinski definition) is 1. The maximum absolute atomic E-state index is 6.03. The zero-order valence-corrected chi connectivity index (χ0v) is 10.9. The van der Waals surface area contributed by atoms with Crippen molar-refractivity contribution in [1.29, 1.82) is 0 Å². The van der Waals surface area contributed by atoms with Crippen LogP contribution in [0, 0.1) is 11.3 Å². The lowest BCUT2D eigenvalue weighted by Gasteiger charge is -2.40. The van der Waals surface area contributed by atoms with Crippen molar-refractivity contribution < 1.29 is 4.74 Å². The summed E-state index contributed by atoms with van der Waals surface area (Å²) in [4.78, 5) is 0. The Kier molecular flexibility index (Phi) is 4.19. The number of nitrogens with two attached hydrogens (primary N) is 1. The van der Waals surface area contributed by atoms with Crippen LogP contribution in [0.3, 0.4) is 0 Å². The first-order chi connectivity index (χ1) is 6.80. The second kappa shape index (κ2) is 4.84. The highest BCUT2D eigenvalue weighted by atomic mass is 16.5. The van der Waals surface area contributed by atoms with Crippen molar-refractivity contribution in [2.75, 3.05) is 0 Å². The Morgan fingerprint density at radius 3 is 2.33 bits per heavy atom. The SMILES string of the molecule is CC1CC(OC(C)C(C)N)CC(C)(C)C1. The van der Waals surface area contributed by atoms with Crippen molar-refractivity contribution in [3.63, 3.8) is 0 Å². The lowest BCUT2D eigenvalue weighted by atomic mass is 9.71. The summed E-state index contributed by atoms with van der Waals surface area (Å²) in [6.45, 7) is 11.1. The zero-order valence-electron chi connectivity index (χ0n) is 10.9. The smallest absolute Gasteiger partial charge is 0.0698 e. The predicted octanol–water partition coefficient (Wildman–Crippen LogP) is 2.95. The van der Waals surface area contributed by atoms with Gasteiger partial charge in [-0.25, -0.2) is 0 Å². The molecule has 4 unspecified atom stereocenters. The summed E-state index contributed by atoms with van der Waals surface area (Å²) in [5, 5.41) is 0. The molecule has 0 aromatic heterocycles. The summed E-state index contributed by atoms with van der Waals surface area (Å²) < 4.78 is 6.03. The van der Waals surface area contributed by atoms with Gasteiger partial charge in [0.05, 0.1) is 12.2 Å². The van der Waals surface area contributed by atoms with E-state index in [0.29, 0.717) is 11.5 Å². The lowest BCUT2D eigenvalue weighted by Crippen LogP contribution is -2.39. The van der Waals surface area contributed by atoms with Crippen molar-refractivity contribution in [1.82, 2.24) is 0 Å². The van der Waals surface area contributed by atoms with Crippen molar-refractivity contribution in [2.24, 2.45) is 17.1 Å². The van der Waals surface area contributed by atoms with Crippen LogP contribution in [0.4, 0.5) is 0 Å². The van der Waals surface area contributed by atoms with Gasteiger partial charge in [-0.05, 0) is 44.4 Å². The van der Waals surface area contributed by atoms with Crippen molar-refractivity contribution in [2.45, 2.75) is 72.1 Å². The summed E-state index contributed by atoms with van der Waals surface area (Å²) in [6, 6.07) is 0.130. The minimum absolute atomic E-state index is 0.130. The Balaban J connectivity index is 2.48. The van der Waals surface area contributed by atoms with Gasteiger partial charge in [-0.2, -0.15) is 0 Å². The second-order valence-corrected chi connectivity index (χ2v) is 6.24. The Morgan fingerprint density at radius 2 is 1.87 bits per heavy atom. The Bertz CT molecular complexity index is 201. The second-order valence-electron chi connectivity index (χ2n) is 6.24. The number of ether oxygens (including phenoxy) is 1. The molecule has 1 aliphatic rings. The van der Waals surface area contributed by atoms with Crippen LogP contribution >= 0.6 is 0 Å². The molecular formula is C13H27NO. The first-order valence-electron chi connectivity index (χ1n) is 6.21. The monoisotopic (exact) mass is 213 g/mol. The van der Waals surface area contributed by atoms with E-state index in [-0.39, 0.29) is 12.1 Å². The summed E-state index contributed by atoms with van der Waals surface area (Å²) in [6.07, 6.45) is 4.27. The van der Waals surface area contributed by atoms with E-state index in [1.165, 1.54) is 19.3 Å². The molecular weight excluding hydrogens is 186 g/mol. The average molecular weight is 213 g/mol. The fraction of sp³-hybridized carbons (Fsp3) is 1.00.